The lowest BCUT2D eigenvalue weighted by Crippen LogP contribution is -2.14. The minimum Gasteiger partial charge on any atom is -0.396 e. The van der Waals surface area contributed by atoms with Gasteiger partial charge in [-0.05, 0) is 42.5 Å². The van der Waals surface area contributed by atoms with Gasteiger partial charge in [-0.25, -0.2) is 0 Å². The number of hydrogen-bond donors (Lipinski definition) is 2. The molecule has 0 saturated carbocycles. The smallest absolute Gasteiger partial charge is 0.0431 e. The van der Waals surface area contributed by atoms with Gasteiger partial charge in [-0.3, -0.25) is 4.98 Å². The Bertz CT molecular complexity index is 470. The Hall–Kier alpha value is -1.45. The fourth-order valence-corrected chi connectivity index (χ4v) is 1.84. The molecule has 0 bridgehead atoms. The van der Waals surface area contributed by atoms with Gasteiger partial charge in [0.2, 0.25) is 0 Å². The molecule has 0 radical (unpaired) electrons. The molecule has 1 aromatic carbocycles. The van der Waals surface area contributed by atoms with Gasteiger partial charge in [-0.2, -0.15) is 0 Å². The zero-order valence-electron chi connectivity index (χ0n) is 9.89. The van der Waals surface area contributed by atoms with E-state index in [9.17, 15) is 0 Å². The highest BCUT2D eigenvalue weighted by Gasteiger charge is 1.96. The zero-order valence-corrected chi connectivity index (χ0v) is 9.89. The van der Waals surface area contributed by atoms with Crippen LogP contribution in [-0.4, -0.2) is 23.2 Å². The van der Waals surface area contributed by atoms with Gasteiger partial charge in [0.25, 0.3) is 0 Å². The second-order valence-corrected chi connectivity index (χ2v) is 4.16. The molecule has 17 heavy (non-hydrogen) atoms. The van der Waals surface area contributed by atoms with Crippen LogP contribution in [-0.2, 0) is 6.54 Å². The first-order valence-electron chi connectivity index (χ1n) is 6.04. The standard InChI is InChI=1S/C14H18N2O/c17-8-2-1-6-15-10-12-3-4-14-11-16-7-5-13(14)9-12/h3-5,7,9,11,15,17H,1-2,6,8,10H2. The van der Waals surface area contributed by atoms with Gasteiger partial charge in [0, 0.05) is 30.9 Å². The number of fused-ring (bicyclic) bond motifs is 1. The molecule has 2 aromatic rings. The maximum Gasteiger partial charge on any atom is 0.0431 e. The molecular weight excluding hydrogens is 212 g/mol. The highest BCUT2D eigenvalue weighted by atomic mass is 16.2. The van der Waals surface area contributed by atoms with Crippen LogP contribution in [0, 0.1) is 0 Å². The Labute approximate surface area is 102 Å². The molecule has 2 rings (SSSR count). The molecule has 0 unspecified atom stereocenters. The molecule has 3 heteroatoms. The van der Waals surface area contributed by atoms with Crippen molar-refractivity contribution in [3.8, 4) is 0 Å². The van der Waals surface area contributed by atoms with E-state index >= 15 is 0 Å². The monoisotopic (exact) mass is 230 g/mol. The van der Waals surface area contributed by atoms with Gasteiger partial charge >= 0.3 is 0 Å². The minimum atomic E-state index is 0.282. The average molecular weight is 230 g/mol. The lowest BCUT2D eigenvalue weighted by molar-refractivity contribution is 0.283. The third kappa shape index (κ3) is 3.51. The SMILES string of the molecule is OCCCCNCc1ccc2cnccc2c1. The number of aromatic nitrogens is 1. The van der Waals surface area contributed by atoms with Crippen molar-refractivity contribution in [1.82, 2.24) is 10.3 Å². The van der Waals surface area contributed by atoms with Crippen LogP contribution in [0.25, 0.3) is 10.8 Å². The van der Waals surface area contributed by atoms with Crippen molar-refractivity contribution in [2.75, 3.05) is 13.2 Å². The van der Waals surface area contributed by atoms with Crippen molar-refractivity contribution in [3.05, 3.63) is 42.2 Å². The number of nitrogens with one attached hydrogen (secondary N) is 1. The number of pyridine rings is 1. The molecule has 0 fully saturated rings. The summed E-state index contributed by atoms with van der Waals surface area (Å²) in [4.78, 5) is 4.10. The van der Waals surface area contributed by atoms with E-state index in [2.05, 4.69) is 28.5 Å². The van der Waals surface area contributed by atoms with Crippen LogP contribution < -0.4 is 5.32 Å². The molecule has 1 aromatic heterocycles. The number of rotatable bonds is 6. The van der Waals surface area contributed by atoms with Crippen molar-refractivity contribution in [1.29, 1.82) is 0 Å². The second-order valence-electron chi connectivity index (χ2n) is 4.16. The second kappa shape index (κ2) is 6.33. The molecule has 0 saturated heterocycles. The first kappa shape index (κ1) is 12.0. The van der Waals surface area contributed by atoms with Crippen molar-refractivity contribution < 1.29 is 5.11 Å². The molecule has 3 nitrogen and oxygen atoms in total. The largest absolute Gasteiger partial charge is 0.396 e. The molecule has 0 aliphatic rings. The third-order valence-electron chi connectivity index (χ3n) is 2.80. The molecule has 0 amide bonds. The predicted molar refractivity (Wildman–Crippen MR) is 69.8 cm³/mol. The van der Waals surface area contributed by atoms with E-state index in [0.29, 0.717) is 0 Å². The van der Waals surface area contributed by atoms with Crippen molar-refractivity contribution in [2.24, 2.45) is 0 Å². The molecular formula is C14H18N2O. The van der Waals surface area contributed by atoms with Crippen molar-refractivity contribution in [3.63, 3.8) is 0 Å². The quantitative estimate of drug-likeness (QED) is 0.747. The van der Waals surface area contributed by atoms with Crippen molar-refractivity contribution >= 4 is 10.8 Å². The molecule has 0 atom stereocenters. The highest BCUT2D eigenvalue weighted by Crippen LogP contribution is 2.14. The summed E-state index contributed by atoms with van der Waals surface area (Å²) in [5, 5.41) is 14.5. The number of hydrogen-bond acceptors (Lipinski definition) is 3. The Morgan fingerprint density at radius 1 is 1.12 bits per heavy atom. The lowest BCUT2D eigenvalue weighted by Gasteiger charge is -2.05. The fourth-order valence-electron chi connectivity index (χ4n) is 1.84. The summed E-state index contributed by atoms with van der Waals surface area (Å²) in [7, 11) is 0. The Kier molecular flexibility index (Phi) is 4.47. The summed E-state index contributed by atoms with van der Waals surface area (Å²) in [6, 6.07) is 8.46. The maximum absolute atomic E-state index is 8.67. The topological polar surface area (TPSA) is 45.1 Å². The Morgan fingerprint density at radius 2 is 2.06 bits per heavy atom. The van der Waals surface area contributed by atoms with Gasteiger partial charge in [0.05, 0.1) is 0 Å². The normalized spacial score (nSPS) is 10.9. The van der Waals surface area contributed by atoms with E-state index < -0.39 is 0 Å². The first-order chi connectivity index (χ1) is 8.40. The predicted octanol–water partition coefficient (Wildman–Crippen LogP) is 2.10. The zero-order chi connectivity index (χ0) is 11.9. The number of unbranched alkanes of at least 4 members (excludes halogenated alkanes) is 1. The van der Waals surface area contributed by atoms with Crippen LogP contribution in [0.3, 0.4) is 0 Å². The van der Waals surface area contributed by atoms with Crippen LogP contribution in [0.15, 0.2) is 36.7 Å². The maximum atomic E-state index is 8.67. The summed E-state index contributed by atoms with van der Waals surface area (Å²) in [6.45, 7) is 2.11. The fraction of sp³-hybridized carbons (Fsp3) is 0.357. The number of aliphatic hydroxyl groups excluding tert-OH is 1. The van der Waals surface area contributed by atoms with Crippen LogP contribution in [0.1, 0.15) is 18.4 Å². The molecule has 2 N–H and O–H groups in total. The minimum absolute atomic E-state index is 0.282. The average Bonchev–Trinajstić information content (AvgIpc) is 2.38. The summed E-state index contributed by atoms with van der Waals surface area (Å²) >= 11 is 0. The van der Waals surface area contributed by atoms with E-state index in [4.69, 9.17) is 5.11 Å². The molecule has 0 aliphatic heterocycles. The van der Waals surface area contributed by atoms with Crippen LogP contribution in [0.5, 0.6) is 0 Å². The third-order valence-corrected chi connectivity index (χ3v) is 2.80. The van der Waals surface area contributed by atoms with E-state index in [1.807, 2.05) is 18.5 Å². The van der Waals surface area contributed by atoms with E-state index in [1.165, 1.54) is 16.3 Å². The summed E-state index contributed by atoms with van der Waals surface area (Å²) in [5.41, 5.74) is 1.28. The molecule has 90 valence electrons. The van der Waals surface area contributed by atoms with E-state index in [1.54, 1.807) is 0 Å². The van der Waals surface area contributed by atoms with E-state index in [0.717, 1.165) is 25.9 Å². The van der Waals surface area contributed by atoms with Gasteiger partial charge < -0.3 is 10.4 Å². The highest BCUT2D eigenvalue weighted by molar-refractivity contribution is 5.81. The van der Waals surface area contributed by atoms with Crippen LogP contribution in [0.4, 0.5) is 0 Å². The first-order valence-corrected chi connectivity index (χ1v) is 6.04. The van der Waals surface area contributed by atoms with Crippen LogP contribution >= 0.6 is 0 Å². The van der Waals surface area contributed by atoms with Gasteiger partial charge in [-0.15, -0.1) is 0 Å². The Morgan fingerprint density at radius 3 is 2.94 bits per heavy atom. The van der Waals surface area contributed by atoms with E-state index in [-0.39, 0.29) is 6.61 Å². The van der Waals surface area contributed by atoms with Crippen molar-refractivity contribution in [2.45, 2.75) is 19.4 Å². The molecule has 0 spiro atoms. The molecule has 0 aliphatic carbocycles. The lowest BCUT2D eigenvalue weighted by atomic mass is 10.1. The Balaban J connectivity index is 1.90. The van der Waals surface area contributed by atoms with Gasteiger partial charge in [0.1, 0.15) is 0 Å². The van der Waals surface area contributed by atoms with Crippen LogP contribution in [0.2, 0.25) is 0 Å². The summed E-state index contributed by atoms with van der Waals surface area (Å²) < 4.78 is 0. The number of benzene rings is 1. The summed E-state index contributed by atoms with van der Waals surface area (Å²) in [5.74, 6) is 0. The van der Waals surface area contributed by atoms with Gasteiger partial charge in [-0.1, -0.05) is 12.1 Å². The number of aliphatic hydroxyl groups is 1. The summed E-state index contributed by atoms with van der Waals surface area (Å²) in [6.07, 6.45) is 5.60. The van der Waals surface area contributed by atoms with Gasteiger partial charge in [0.15, 0.2) is 0 Å². The number of nitrogens with zero attached hydrogens (tertiary/aromatic N) is 1. The molecule has 1 heterocycles.